The SMILES string of the molecule is CCCCCCCCCCC/C=C\C/C=C\CCCCCCCCCCCCCCCCC(O)C(=O)NC(CO)C(O)C(O)CCC/C=C/CC/C=C/CC/C=C/CCCCCCCCCCCCCC. The van der Waals surface area contributed by atoms with E-state index in [-0.39, 0.29) is 0 Å². The van der Waals surface area contributed by atoms with E-state index >= 15 is 0 Å². The second kappa shape index (κ2) is 58.9. The van der Waals surface area contributed by atoms with Gasteiger partial charge in [0.25, 0.3) is 0 Å². The maximum Gasteiger partial charge on any atom is 0.249 e. The summed E-state index contributed by atoms with van der Waals surface area (Å²) in [4.78, 5) is 12.6. The Bertz CT molecular complexity index is 1210. The lowest BCUT2D eigenvalue weighted by molar-refractivity contribution is -0.132. The third kappa shape index (κ3) is 52.7. The second-order valence-corrected chi connectivity index (χ2v) is 21.4. The minimum atomic E-state index is -1.30. The van der Waals surface area contributed by atoms with Crippen LogP contribution in [0.1, 0.15) is 316 Å². The van der Waals surface area contributed by atoms with E-state index in [4.69, 9.17) is 0 Å². The highest BCUT2D eigenvalue weighted by Gasteiger charge is 2.28. The van der Waals surface area contributed by atoms with Crippen molar-refractivity contribution >= 4 is 5.91 Å². The van der Waals surface area contributed by atoms with Gasteiger partial charge < -0.3 is 25.7 Å². The van der Waals surface area contributed by atoms with Gasteiger partial charge in [-0.3, -0.25) is 4.79 Å². The molecular weight excluding hydrogens is 875 g/mol. The van der Waals surface area contributed by atoms with Crippen molar-refractivity contribution in [1.29, 1.82) is 0 Å². The number of carbonyl (C=O) groups excluding carboxylic acids is 1. The summed E-state index contributed by atoms with van der Waals surface area (Å²) < 4.78 is 0. The van der Waals surface area contributed by atoms with E-state index in [1.54, 1.807) is 0 Å². The van der Waals surface area contributed by atoms with E-state index in [1.807, 2.05) is 0 Å². The molecule has 4 unspecified atom stereocenters. The Morgan fingerprint density at radius 3 is 0.972 bits per heavy atom. The standard InChI is InChI=1S/C65H121NO5/c1-3-5-7-9-11-13-15-17-19-21-23-25-27-29-30-31-32-33-35-37-39-41-43-45-47-49-51-53-55-57-59-63(69)65(71)66-61(60-67)64(70)62(68)58-56-54-52-50-48-46-44-42-40-38-36-34-28-26-24-22-20-18-16-14-12-10-8-6-4-2/h23,25,29-30,34,36,42,44,50,52,61-64,67-70H,3-22,24,26-28,31-33,35,37-41,43,45-49,51,53-60H2,1-2H3,(H,66,71)/b25-23-,30-29-,36-34+,44-42+,52-50+. The summed E-state index contributed by atoms with van der Waals surface area (Å²) in [7, 11) is 0. The van der Waals surface area contributed by atoms with Crippen LogP contribution in [0.25, 0.3) is 0 Å². The maximum atomic E-state index is 12.6. The van der Waals surface area contributed by atoms with Crippen molar-refractivity contribution < 1.29 is 25.2 Å². The predicted molar refractivity (Wildman–Crippen MR) is 311 cm³/mol. The molecule has 5 N–H and O–H groups in total. The molecule has 0 aromatic carbocycles. The van der Waals surface area contributed by atoms with Gasteiger partial charge in [0.1, 0.15) is 12.2 Å². The maximum absolute atomic E-state index is 12.6. The summed E-state index contributed by atoms with van der Waals surface area (Å²) in [5.74, 6) is -0.598. The molecule has 0 aromatic rings. The van der Waals surface area contributed by atoms with Crippen molar-refractivity contribution in [1.82, 2.24) is 5.32 Å². The van der Waals surface area contributed by atoms with Crippen LogP contribution in [0, 0.1) is 0 Å². The number of aliphatic hydroxyl groups is 4. The number of hydrogen-bond donors (Lipinski definition) is 5. The van der Waals surface area contributed by atoms with E-state index in [2.05, 4.69) is 79.9 Å². The zero-order chi connectivity index (χ0) is 51.6. The van der Waals surface area contributed by atoms with Gasteiger partial charge in [-0.2, -0.15) is 0 Å². The van der Waals surface area contributed by atoms with Crippen molar-refractivity contribution in [2.45, 2.75) is 340 Å². The highest BCUT2D eigenvalue weighted by atomic mass is 16.3. The number of hydrogen-bond acceptors (Lipinski definition) is 5. The fourth-order valence-corrected chi connectivity index (χ4v) is 9.53. The predicted octanol–water partition coefficient (Wildman–Crippen LogP) is 18.7. The molecule has 0 radical (unpaired) electrons. The molecule has 6 heteroatoms. The van der Waals surface area contributed by atoms with Crippen LogP contribution < -0.4 is 5.32 Å². The number of unbranched alkanes of at least 4 members (excludes halogenated alkanes) is 38. The molecule has 0 aromatic heterocycles. The third-order valence-electron chi connectivity index (χ3n) is 14.4. The Labute approximate surface area is 442 Å². The Morgan fingerprint density at radius 1 is 0.352 bits per heavy atom. The molecule has 0 aliphatic heterocycles. The minimum absolute atomic E-state index is 0.357. The van der Waals surface area contributed by atoms with Gasteiger partial charge in [0, 0.05) is 0 Å². The van der Waals surface area contributed by atoms with Crippen molar-refractivity contribution in [3.63, 3.8) is 0 Å². The zero-order valence-corrected chi connectivity index (χ0v) is 47.2. The van der Waals surface area contributed by atoms with Gasteiger partial charge >= 0.3 is 0 Å². The van der Waals surface area contributed by atoms with Crippen LogP contribution in [0.2, 0.25) is 0 Å². The van der Waals surface area contributed by atoms with E-state index in [1.165, 1.54) is 225 Å². The molecule has 0 saturated heterocycles. The summed E-state index contributed by atoms with van der Waals surface area (Å²) in [5.41, 5.74) is 0. The van der Waals surface area contributed by atoms with E-state index < -0.39 is 36.9 Å². The zero-order valence-electron chi connectivity index (χ0n) is 47.2. The quantitative estimate of drug-likeness (QED) is 0.0308. The summed E-state index contributed by atoms with van der Waals surface area (Å²) in [6.07, 6.45) is 77.4. The molecule has 0 spiro atoms. The third-order valence-corrected chi connectivity index (χ3v) is 14.4. The van der Waals surface area contributed by atoms with E-state index in [9.17, 15) is 25.2 Å². The lowest BCUT2D eigenvalue weighted by Crippen LogP contribution is -2.53. The molecule has 0 bridgehead atoms. The average Bonchev–Trinajstić information content (AvgIpc) is 3.38. The fourth-order valence-electron chi connectivity index (χ4n) is 9.53. The van der Waals surface area contributed by atoms with Crippen molar-refractivity contribution in [2.75, 3.05) is 6.61 Å². The number of rotatable bonds is 57. The van der Waals surface area contributed by atoms with Crippen LogP contribution in [-0.2, 0) is 4.79 Å². The largest absolute Gasteiger partial charge is 0.394 e. The van der Waals surface area contributed by atoms with Crippen LogP contribution in [-0.4, -0.2) is 57.3 Å². The first kappa shape index (κ1) is 69.0. The Balaban J connectivity index is 3.67. The van der Waals surface area contributed by atoms with Crippen molar-refractivity contribution in [3.8, 4) is 0 Å². The fraction of sp³-hybridized carbons (Fsp3) is 0.831. The minimum Gasteiger partial charge on any atom is -0.394 e. The summed E-state index contributed by atoms with van der Waals surface area (Å²) in [6.45, 7) is 4.07. The number of nitrogens with one attached hydrogen (secondary N) is 1. The lowest BCUT2D eigenvalue weighted by Gasteiger charge is -2.27. The molecule has 0 saturated carbocycles. The van der Waals surface area contributed by atoms with Crippen LogP contribution in [0.4, 0.5) is 0 Å². The second-order valence-electron chi connectivity index (χ2n) is 21.4. The Kier molecular flexibility index (Phi) is 57.2. The monoisotopic (exact) mass is 996 g/mol. The normalized spacial score (nSPS) is 14.1. The molecule has 0 aliphatic carbocycles. The van der Waals surface area contributed by atoms with Crippen molar-refractivity contribution in [3.05, 3.63) is 60.8 Å². The Morgan fingerprint density at radius 2 is 0.634 bits per heavy atom. The first-order valence-corrected chi connectivity index (χ1v) is 31.2. The molecular formula is C65H121NO5. The first-order valence-electron chi connectivity index (χ1n) is 31.2. The van der Waals surface area contributed by atoms with Gasteiger partial charge in [0.15, 0.2) is 0 Å². The van der Waals surface area contributed by atoms with Crippen LogP contribution in [0.15, 0.2) is 60.8 Å². The number of allylic oxidation sites excluding steroid dienone is 10. The molecule has 0 rings (SSSR count). The van der Waals surface area contributed by atoms with Gasteiger partial charge in [-0.05, 0) is 96.3 Å². The number of amides is 1. The molecule has 0 fully saturated rings. The number of aliphatic hydroxyl groups excluding tert-OH is 4. The summed E-state index contributed by atoms with van der Waals surface area (Å²) >= 11 is 0. The van der Waals surface area contributed by atoms with Crippen LogP contribution in [0.3, 0.4) is 0 Å². The van der Waals surface area contributed by atoms with Crippen LogP contribution >= 0.6 is 0 Å². The smallest absolute Gasteiger partial charge is 0.249 e. The molecule has 4 atom stereocenters. The average molecular weight is 997 g/mol. The van der Waals surface area contributed by atoms with Crippen LogP contribution in [0.5, 0.6) is 0 Å². The highest BCUT2D eigenvalue weighted by Crippen LogP contribution is 2.17. The first-order chi connectivity index (χ1) is 35.0. The summed E-state index contributed by atoms with van der Waals surface area (Å²) in [5, 5.41) is 44.1. The van der Waals surface area contributed by atoms with Gasteiger partial charge in [-0.1, -0.05) is 280 Å². The summed E-state index contributed by atoms with van der Waals surface area (Å²) in [6, 6.07) is -1.02. The van der Waals surface area contributed by atoms with Gasteiger partial charge in [0.2, 0.25) is 5.91 Å². The molecule has 416 valence electrons. The molecule has 71 heavy (non-hydrogen) atoms. The molecule has 1 amide bonds. The lowest BCUT2D eigenvalue weighted by atomic mass is 10.00. The van der Waals surface area contributed by atoms with Crippen molar-refractivity contribution in [2.24, 2.45) is 0 Å². The molecule has 0 heterocycles. The highest BCUT2D eigenvalue weighted by molar-refractivity contribution is 5.80. The molecule has 0 aliphatic rings. The van der Waals surface area contributed by atoms with E-state index in [0.29, 0.717) is 19.3 Å². The Hall–Kier alpha value is -1.99. The van der Waals surface area contributed by atoms with Gasteiger partial charge in [-0.25, -0.2) is 0 Å². The van der Waals surface area contributed by atoms with Gasteiger partial charge in [0.05, 0.1) is 18.8 Å². The van der Waals surface area contributed by atoms with E-state index in [0.717, 1.165) is 57.8 Å². The van der Waals surface area contributed by atoms with Gasteiger partial charge in [-0.15, -0.1) is 0 Å². The topological polar surface area (TPSA) is 110 Å². The number of carbonyl (C=O) groups is 1. The molecule has 6 nitrogen and oxygen atoms in total.